The predicted octanol–water partition coefficient (Wildman–Crippen LogP) is 2.27. The van der Waals surface area contributed by atoms with Crippen LogP contribution in [0.5, 0.6) is 0 Å². The zero-order valence-corrected chi connectivity index (χ0v) is 12.5. The second-order valence-electron chi connectivity index (χ2n) is 5.20. The molecule has 0 aliphatic heterocycles. The van der Waals surface area contributed by atoms with Crippen molar-refractivity contribution in [1.29, 1.82) is 0 Å². The molecule has 3 atom stereocenters. The lowest BCUT2D eigenvalue weighted by Crippen LogP contribution is -2.33. The molecule has 4 nitrogen and oxygen atoms in total. The SMILES string of the molecule is N[C@@H]1CC[C@@H](C(=O)NC[C@H](O)c2ccc(Cl)cc2Cl)C1. The lowest BCUT2D eigenvalue weighted by atomic mass is 10.1. The Morgan fingerprint density at radius 2 is 2.20 bits per heavy atom. The maximum atomic E-state index is 11.9. The third-order valence-electron chi connectivity index (χ3n) is 3.64. The maximum absolute atomic E-state index is 11.9. The van der Waals surface area contributed by atoms with Gasteiger partial charge in [-0.1, -0.05) is 29.3 Å². The van der Waals surface area contributed by atoms with Crippen molar-refractivity contribution in [2.45, 2.75) is 31.4 Å². The van der Waals surface area contributed by atoms with Crippen LogP contribution < -0.4 is 11.1 Å². The first-order valence-corrected chi connectivity index (χ1v) is 7.39. The Kier molecular flexibility index (Phi) is 5.27. The number of halogens is 2. The van der Waals surface area contributed by atoms with Gasteiger partial charge >= 0.3 is 0 Å². The fourth-order valence-corrected chi connectivity index (χ4v) is 3.01. The summed E-state index contributed by atoms with van der Waals surface area (Å²) in [5.41, 5.74) is 6.34. The van der Waals surface area contributed by atoms with Crippen LogP contribution in [0.15, 0.2) is 18.2 Å². The Bertz CT molecular complexity index is 496. The summed E-state index contributed by atoms with van der Waals surface area (Å²) in [5.74, 6) is -0.0972. The highest BCUT2D eigenvalue weighted by Gasteiger charge is 2.28. The minimum absolute atomic E-state index is 0.0436. The second kappa shape index (κ2) is 6.76. The summed E-state index contributed by atoms with van der Waals surface area (Å²) < 4.78 is 0. The minimum atomic E-state index is -0.848. The van der Waals surface area contributed by atoms with Gasteiger partial charge in [-0.05, 0) is 31.4 Å². The number of aliphatic hydroxyl groups excluding tert-OH is 1. The molecule has 110 valence electrons. The van der Waals surface area contributed by atoms with Gasteiger partial charge in [0.2, 0.25) is 5.91 Å². The van der Waals surface area contributed by atoms with Gasteiger partial charge in [0, 0.05) is 34.1 Å². The van der Waals surface area contributed by atoms with Crippen molar-refractivity contribution < 1.29 is 9.90 Å². The third kappa shape index (κ3) is 3.85. The predicted molar refractivity (Wildman–Crippen MR) is 79.7 cm³/mol. The molecule has 1 aromatic carbocycles. The second-order valence-corrected chi connectivity index (χ2v) is 6.04. The molecule has 2 rings (SSSR count). The standard InChI is InChI=1S/C14H18Cl2N2O2/c15-9-2-4-11(12(16)6-9)13(19)7-18-14(20)8-1-3-10(17)5-8/h2,4,6,8,10,13,19H,1,3,5,7,17H2,(H,18,20)/t8-,10-,13+/m1/s1. The van der Waals surface area contributed by atoms with E-state index in [1.165, 1.54) is 0 Å². The summed E-state index contributed by atoms with van der Waals surface area (Å²) in [5, 5.41) is 13.7. The molecule has 0 bridgehead atoms. The number of nitrogens with one attached hydrogen (secondary N) is 1. The number of benzene rings is 1. The van der Waals surface area contributed by atoms with E-state index in [0.29, 0.717) is 22.0 Å². The van der Waals surface area contributed by atoms with Gasteiger partial charge in [-0.2, -0.15) is 0 Å². The van der Waals surface area contributed by atoms with Gasteiger partial charge in [-0.3, -0.25) is 4.79 Å². The molecule has 0 aromatic heterocycles. The van der Waals surface area contributed by atoms with E-state index in [1.807, 2.05) is 0 Å². The Morgan fingerprint density at radius 3 is 2.80 bits per heavy atom. The Balaban J connectivity index is 1.88. The number of nitrogens with two attached hydrogens (primary N) is 1. The molecule has 1 amide bonds. The van der Waals surface area contributed by atoms with Gasteiger partial charge in [0.1, 0.15) is 0 Å². The van der Waals surface area contributed by atoms with Gasteiger partial charge in [0.25, 0.3) is 0 Å². The molecule has 1 aliphatic carbocycles. The first-order chi connectivity index (χ1) is 9.47. The van der Waals surface area contributed by atoms with Gasteiger partial charge < -0.3 is 16.2 Å². The summed E-state index contributed by atoms with van der Waals surface area (Å²) in [4.78, 5) is 11.9. The van der Waals surface area contributed by atoms with Crippen molar-refractivity contribution in [3.8, 4) is 0 Å². The number of carbonyl (C=O) groups is 1. The van der Waals surface area contributed by atoms with E-state index in [2.05, 4.69) is 5.32 Å². The summed E-state index contributed by atoms with van der Waals surface area (Å²) in [7, 11) is 0. The van der Waals surface area contributed by atoms with Crippen molar-refractivity contribution in [3.05, 3.63) is 33.8 Å². The van der Waals surface area contributed by atoms with E-state index in [9.17, 15) is 9.90 Å². The number of aliphatic hydroxyl groups is 1. The Labute approximate surface area is 128 Å². The average molecular weight is 317 g/mol. The molecule has 0 spiro atoms. The van der Waals surface area contributed by atoms with Crippen LogP contribution in [-0.4, -0.2) is 23.6 Å². The third-order valence-corrected chi connectivity index (χ3v) is 4.20. The molecule has 1 fully saturated rings. The molecular formula is C14H18Cl2N2O2. The topological polar surface area (TPSA) is 75.4 Å². The number of rotatable bonds is 4. The molecular weight excluding hydrogens is 299 g/mol. The quantitative estimate of drug-likeness (QED) is 0.797. The van der Waals surface area contributed by atoms with Crippen molar-refractivity contribution >= 4 is 29.1 Å². The Morgan fingerprint density at radius 1 is 1.45 bits per heavy atom. The lowest BCUT2D eigenvalue weighted by molar-refractivity contribution is -0.125. The molecule has 1 saturated carbocycles. The van der Waals surface area contributed by atoms with Crippen molar-refractivity contribution in [1.82, 2.24) is 5.32 Å². The van der Waals surface area contributed by atoms with Crippen LogP contribution in [0.4, 0.5) is 0 Å². The zero-order valence-electron chi connectivity index (χ0n) is 11.0. The summed E-state index contributed by atoms with van der Waals surface area (Å²) >= 11 is 11.8. The molecule has 6 heteroatoms. The maximum Gasteiger partial charge on any atom is 0.223 e. The van der Waals surface area contributed by atoms with E-state index in [4.69, 9.17) is 28.9 Å². The Hall–Kier alpha value is -0.810. The average Bonchev–Trinajstić information content (AvgIpc) is 2.82. The molecule has 0 radical (unpaired) electrons. The largest absolute Gasteiger partial charge is 0.387 e. The molecule has 1 aliphatic rings. The van der Waals surface area contributed by atoms with Crippen LogP contribution in [0.1, 0.15) is 30.9 Å². The van der Waals surface area contributed by atoms with E-state index < -0.39 is 6.10 Å². The fraction of sp³-hybridized carbons (Fsp3) is 0.500. The highest BCUT2D eigenvalue weighted by molar-refractivity contribution is 6.35. The number of hydrogen-bond donors (Lipinski definition) is 3. The summed E-state index contributed by atoms with van der Waals surface area (Å²) in [6, 6.07) is 5.00. The monoisotopic (exact) mass is 316 g/mol. The normalized spacial score (nSPS) is 23.6. The number of hydrogen-bond acceptors (Lipinski definition) is 3. The van der Waals surface area contributed by atoms with Crippen LogP contribution >= 0.6 is 23.2 Å². The number of carbonyl (C=O) groups excluding carboxylic acids is 1. The molecule has 1 aromatic rings. The van der Waals surface area contributed by atoms with Gasteiger partial charge in [-0.25, -0.2) is 0 Å². The minimum Gasteiger partial charge on any atom is -0.387 e. The van der Waals surface area contributed by atoms with E-state index in [1.54, 1.807) is 18.2 Å². The van der Waals surface area contributed by atoms with Gasteiger partial charge in [0.15, 0.2) is 0 Å². The van der Waals surface area contributed by atoms with Gasteiger partial charge in [0.05, 0.1) is 6.10 Å². The van der Waals surface area contributed by atoms with Crippen molar-refractivity contribution in [2.24, 2.45) is 11.7 Å². The van der Waals surface area contributed by atoms with E-state index in [-0.39, 0.29) is 24.4 Å². The van der Waals surface area contributed by atoms with Crippen LogP contribution in [0.2, 0.25) is 10.0 Å². The fourth-order valence-electron chi connectivity index (χ4n) is 2.48. The summed E-state index contributed by atoms with van der Waals surface area (Å²) in [6.07, 6.45) is 1.55. The molecule has 0 unspecified atom stereocenters. The molecule has 0 saturated heterocycles. The lowest BCUT2D eigenvalue weighted by Gasteiger charge is -2.16. The van der Waals surface area contributed by atoms with E-state index in [0.717, 1.165) is 12.8 Å². The smallest absolute Gasteiger partial charge is 0.223 e. The van der Waals surface area contributed by atoms with Crippen molar-refractivity contribution in [2.75, 3.05) is 6.54 Å². The van der Waals surface area contributed by atoms with Crippen LogP contribution in [0.25, 0.3) is 0 Å². The highest BCUT2D eigenvalue weighted by atomic mass is 35.5. The number of amides is 1. The molecule has 0 heterocycles. The molecule has 4 N–H and O–H groups in total. The molecule has 20 heavy (non-hydrogen) atoms. The first kappa shape index (κ1) is 15.6. The van der Waals surface area contributed by atoms with Crippen LogP contribution in [-0.2, 0) is 4.79 Å². The van der Waals surface area contributed by atoms with Crippen LogP contribution in [0.3, 0.4) is 0 Å². The highest BCUT2D eigenvalue weighted by Crippen LogP contribution is 2.27. The summed E-state index contributed by atoms with van der Waals surface area (Å²) in [6.45, 7) is 0.131. The zero-order chi connectivity index (χ0) is 14.7. The van der Waals surface area contributed by atoms with Crippen molar-refractivity contribution in [3.63, 3.8) is 0 Å². The first-order valence-electron chi connectivity index (χ1n) is 6.63. The van der Waals surface area contributed by atoms with E-state index >= 15 is 0 Å². The van der Waals surface area contributed by atoms with Gasteiger partial charge in [-0.15, -0.1) is 0 Å². The van der Waals surface area contributed by atoms with Crippen LogP contribution in [0, 0.1) is 5.92 Å².